The molecular weight excluding hydrogens is 408 g/mol. The van der Waals surface area contributed by atoms with Crippen molar-refractivity contribution in [2.24, 2.45) is 0 Å². The number of thioether (sulfide) groups is 1. The van der Waals surface area contributed by atoms with E-state index in [9.17, 15) is 9.59 Å². The predicted octanol–water partition coefficient (Wildman–Crippen LogP) is 0.857. The van der Waals surface area contributed by atoms with Gasteiger partial charge in [-0.15, -0.1) is 5.10 Å². The quantitative estimate of drug-likeness (QED) is 0.641. The minimum atomic E-state index is -0.660. The Hall–Kier alpha value is -2.82. The van der Waals surface area contributed by atoms with Crippen LogP contribution in [-0.2, 0) is 9.59 Å². The van der Waals surface area contributed by atoms with Crippen LogP contribution in [0, 0.1) is 0 Å². The highest BCUT2D eigenvalue weighted by atomic mass is 32.2. The predicted molar refractivity (Wildman–Crippen MR) is 108 cm³/mol. The fraction of sp³-hybridized carbons (Fsp3) is 0.526. The molecule has 0 saturated carbocycles. The van der Waals surface area contributed by atoms with Gasteiger partial charge in [-0.2, -0.15) is 0 Å². The number of benzene rings is 1. The molecule has 4 rings (SSSR count). The lowest BCUT2D eigenvalue weighted by Crippen LogP contribution is -2.55. The zero-order valence-electron chi connectivity index (χ0n) is 16.9. The Morgan fingerprint density at radius 1 is 1.13 bits per heavy atom. The summed E-state index contributed by atoms with van der Waals surface area (Å²) in [6, 6.07) is 7.45. The second kappa shape index (κ2) is 8.90. The Kier molecular flexibility index (Phi) is 6.07. The Balaban J connectivity index is 1.26. The van der Waals surface area contributed by atoms with Crippen molar-refractivity contribution in [3.05, 3.63) is 24.3 Å². The molecule has 1 fully saturated rings. The van der Waals surface area contributed by atoms with Crippen LogP contribution >= 0.6 is 11.8 Å². The SMILES string of the molecule is CC(C)n1nnnc1SCC(=O)N1CCN(C(=O)[C@@H]2COc3ccccc3O2)CC1. The van der Waals surface area contributed by atoms with E-state index in [4.69, 9.17) is 9.47 Å². The van der Waals surface area contributed by atoms with Crippen molar-refractivity contribution in [1.29, 1.82) is 0 Å². The van der Waals surface area contributed by atoms with E-state index >= 15 is 0 Å². The van der Waals surface area contributed by atoms with Gasteiger partial charge < -0.3 is 19.3 Å². The molecule has 1 saturated heterocycles. The summed E-state index contributed by atoms with van der Waals surface area (Å²) < 4.78 is 13.1. The first-order chi connectivity index (χ1) is 14.5. The third kappa shape index (κ3) is 4.35. The number of amides is 2. The summed E-state index contributed by atoms with van der Waals surface area (Å²) in [4.78, 5) is 28.9. The molecular formula is C19H24N6O4S. The van der Waals surface area contributed by atoms with Crippen LogP contribution in [0.3, 0.4) is 0 Å². The molecule has 3 heterocycles. The van der Waals surface area contributed by atoms with E-state index < -0.39 is 6.10 Å². The number of nitrogens with zero attached hydrogens (tertiary/aromatic N) is 6. The van der Waals surface area contributed by atoms with Gasteiger partial charge in [0.25, 0.3) is 5.91 Å². The van der Waals surface area contributed by atoms with Gasteiger partial charge in [-0.25, -0.2) is 4.68 Å². The van der Waals surface area contributed by atoms with Crippen LogP contribution in [0.2, 0.25) is 0 Å². The molecule has 1 aromatic heterocycles. The minimum Gasteiger partial charge on any atom is -0.485 e. The van der Waals surface area contributed by atoms with E-state index in [0.29, 0.717) is 42.8 Å². The first-order valence-corrected chi connectivity index (χ1v) is 10.9. The van der Waals surface area contributed by atoms with Crippen molar-refractivity contribution < 1.29 is 19.1 Å². The van der Waals surface area contributed by atoms with E-state index in [2.05, 4.69) is 15.5 Å². The van der Waals surface area contributed by atoms with Crippen LogP contribution in [0.4, 0.5) is 0 Å². The fourth-order valence-corrected chi connectivity index (χ4v) is 4.25. The highest BCUT2D eigenvalue weighted by molar-refractivity contribution is 7.99. The summed E-state index contributed by atoms with van der Waals surface area (Å²) in [5.41, 5.74) is 0. The zero-order valence-corrected chi connectivity index (χ0v) is 17.7. The third-order valence-electron chi connectivity index (χ3n) is 5.00. The smallest absolute Gasteiger partial charge is 0.267 e. The van der Waals surface area contributed by atoms with Gasteiger partial charge in [0, 0.05) is 26.2 Å². The first-order valence-electron chi connectivity index (χ1n) is 9.88. The van der Waals surface area contributed by atoms with Gasteiger partial charge in [-0.1, -0.05) is 23.9 Å². The van der Waals surface area contributed by atoms with Gasteiger partial charge in [0.05, 0.1) is 11.8 Å². The molecule has 1 aromatic carbocycles. The lowest BCUT2D eigenvalue weighted by molar-refractivity contribution is -0.145. The summed E-state index contributed by atoms with van der Waals surface area (Å²) in [7, 11) is 0. The summed E-state index contributed by atoms with van der Waals surface area (Å²) in [6.45, 7) is 6.09. The van der Waals surface area contributed by atoms with Gasteiger partial charge in [-0.3, -0.25) is 9.59 Å². The number of para-hydroxylation sites is 2. The zero-order chi connectivity index (χ0) is 21.1. The van der Waals surface area contributed by atoms with Crippen LogP contribution in [-0.4, -0.2) is 86.5 Å². The molecule has 0 unspecified atom stereocenters. The number of tetrazole rings is 1. The summed E-state index contributed by atoms with van der Waals surface area (Å²) >= 11 is 1.33. The molecule has 2 aromatic rings. The molecule has 0 spiro atoms. The van der Waals surface area contributed by atoms with Crippen LogP contribution in [0.15, 0.2) is 29.4 Å². The molecule has 2 aliphatic rings. The Morgan fingerprint density at radius 3 is 2.57 bits per heavy atom. The lowest BCUT2D eigenvalue weighted by Gasteiger charge is -2.37. The van der Waals surface area contributed by atoms with E-state index in [1.165, 1.54) is 11.8 Å². The molecule has 0 radical (unpaired) electrons. The number of aromatic nitrogens is 4. The van der Waals surface area contributed by atoms with Gasteiger partial charge in [0.15, 0.2) is 11.5 Å². The molecule has 0 aliphatic carbocycles. The van der Waals surface area contributed by atoms with Gasteiger partial charge >= 0.3 is 0 Å². The number of rotatable bonds is 5. The Bertz CT molecular complexity index is 912. The van der Waals surface area contributed by atoms with Crippen molar-refractivity contribution in [2.45, 2.75) is 31.1 Å². The average molecular weight is 433 g/mol. The van der Waals surface area contributed by atoms with Crippen molar-refractivity contribution in [2.75, 3.05) is 38.5 Å². The number of hydrogen-bond acceptors (Lipinski definition) is 8. The van der Waals surface area contributed by atoms with Crippen LogP contribution in [0.25, 0.3) is 0 Å². The summed E-state index contributed by atoms with van der Waals surface area (Å²) in [5.74, 6) is 1.39. The summed E-state index contributed by atoms with van der Waals surface area (Å²) in [6.07, 6.45) is -0.660. The molecule has 160 valence electrons. The molecule has 1 atom stereocenters. The van der Waals surface area contributed by atoms with Gasteiger partial charge in [0.2, 0.25) is 17.2 Å². The Morgan fingerprint density at radius 2 is 1.83 bits per heavy atom. The molecule has 11 heteroatoms. The van der Waals surface area contributed by atoms with E-state index in [0.717, 1.165) is 0 Å². The van der Waals surface area contributed by atoms with Crippen molar-refractivity contribution in [1.82, 2.24) is 30.0 Å². The second-order valence-corrected chi connectivity index (χ2v) is 8.30. The van der Waals surface area contributed by atoms with Crippen LogP contribution in [0.5, 0.6) is 11.5 Å². The van der Waals surface area contributed by atoms with Crippen molar-refractivity contribution in [3.8, 4) is 11.5 Å². The number of ether oxygens (including phenoxy) is 2. The fourth-order valence-electron chi connectivity index (χ4n) is 3.34. The van der Waals surface area contributed by atoms with Crippen molar-refractivity contribution in [3.63, 3.8) is 0 Å². The van der Waals surface area contributed by atoms with Crippen LogP contribution < -0.4 is 9.47 Å². The molecule has 0 N–H and O–H groups in total. The maximum Gasteiger partial charge on any atom is 0.267 e. The van der Waals surface area contributed by atoms with Crippen LogP contribution in [0.1, 0.15) is 19.9 Å². The highest BCUT2D eigenvalue weighted by Crippen LogP contribution is 2.31. The number of piperazine rings is 1. The van der Waals surface area contributed by atoms with E-state index in [1.807, 2.05) is 32.0 Å². The molecule has 10 nitrogen and oxygen atoms in total. The Labute approximate surface area is 178 Å². The van der Waals surface area contributed by atoms with Gasteiger partial charge in [0.1, 0.15) is 6.61 Å². The maximum absolute atomic E-state index is 12.8. The van der Waals surface area contributed by atoms with E-state index in [1.54, 1.807) is 20.5 Å². The molecule has 2 aliphatic heterocycles. The lowest BCUT2D eigenvalue weighted by atomic mass is 10.2. The monoisotopic (exact) mass is 432 g/mol. The number of fused-ring (bicyclic) bond motifs is 1. The standard InChI is InChI=1S/C19H24N6O4S/c1-13(2)25-19(20-21-22-25)30-12-17(26)23-7-9-24(10-8-23)18(27)16-11-28-14-5-3-4-6-15(14)29-16/h3-6,13,16H,7-12H2,1-2H3/t16-/m0/s1. The van der Waals surface area contributed by atoms with E-state index in [-0.39, 0.29) is 30.2 Å². The summed E-state index contributed by atoms with van der Waals surface area (Å²) in [5, 5.41) is 12.2. The highest BCUT2D eigenvalue weighted by Gasteiger charge is 2.33. The topological polar surface area (TPSA) is 103 Å². The molecule has 30 heavy (non-hydrogen) atoms. The van der Waals surface area contributed by atoms with Gasteiger partial charge in [-0.05, 0) is 36.4 Å². The molecule has 0 bridgehead atoms. The number of hydrogen-bond donors (Lipinski definition) is 0. The average Bonchev–Trinajstić information content (AvgIpc) is 3.26. The normalized spacial score (nSPS) is 18.6. The maximum atomic E-state index is 12.8. The third-order valence-corrected chi connectivity index (χ3v) is 5.92. The first kappa shape index (κ1) is 20.5. The second-order valence-electron chi connectivity index (χ2n) is 7.36. The largest absolute Gasteiger partial charge is 0.485 e. The molecule has 2 amide bonds. The van der Waals surface area contributed by atoms with Crippen molar-refractivity contribution >= 4 is 23.6 Å². The number of carbonyl (C=O) groups excluding carboxylic acids is 2. The number of carbonyl (C=O) groups is 2. The minimum absolute atomic E-state index is 0.0107.